The lowest BCUT2D eigenvalue weighted by Gasteiger charge is -2.07. The molecule has 0 fully saturated rings. The van der Waals surface area contributed by atoms with Crippen LogP contribution in [0, 0.1) is 11.3 Å². The highest BCUT2D eigenvalue weighted by Gasteiger charge is 2.21. The third-order valence-electron chi connectivity index (χ3n) is 3.89. The van der Waals surface area contributed by atoms with Crippen LogP contribution in [-0.2, 0) is 7.05 Å². The van der Waals surface area contributed by atoms with Crippen molar-refractivity contribution in [3.05, 3.63) is 47.5 Å². The number of nitrogens with zero attached hydrogens (tertiary/aromatic N) is 5. The maximum Gasteiger partial charge on any atom is 0.320 e. The summed E-state index contributed by atoms with van der Waals surface area (Å²) in [7, 11) is 1.78. The Morgan fingerprint density at radius 2 is 2.00 bits per heavy atom. The molecule has 1 aromatic carbocycles. The average molecular weight is 341 g/mol. The van der Waals surface area contributed by atoms with E-state index >= 15 is 0 Å². The Morgan fingerprint density at radius 3 is 2.64 bits per heavy atom. The molecule has 2 aromatic heterocycles. The van der Waals surface area contributed by atoms with Gasteiger partial charge in [-0.3, -0.25) is 9.25 Å². The summed E-state index contributed by atoms with van der Waals surface area (Å²) < 4.78 is 29.6. The van der Waals surface area contributed by atoms with Crippen LogP contribution >= 0.6 is 0 Å². The minimum absolute atomic E-state index is 0.0442. The number of imidazole rings is 1. The normalized spacial score (nSPS) is 12.3. The van der Waals surface area contributed by atoms with Crippen LogP contribution in [-0.4, -0.2) is 19.3 Å². The SMILES string of the molecule is CC(C)c1nn(C)cc1/C=C(\C#N)c1nc2ccccc2n1C(F)F. The van der Waals surface area contributed by atoms with E-state index in [1.807, 2.05) is 19.9 Å². The molecular formula is C18H17F2N5. The van der Waals surface area contributed by atoms with Crippen LogP contribution in [0.25, 0.3) is 22.7 Å². The number of hydrogen-bond donors (Lipinski definition) is 0. The Bertz CT molecular complexity index is 989. The molecule has 0 aliphatic heterocycles. The molecule has 0 saturated heterocycles. The van der Waals surface area contributed by atoms with Gasteiger partial charge >= 0.3 is 6.55 Å². The van der Waals surface area contributed by atoms with Crippen LogP contribution in [0.15, 0.2) is 30.5 Å². The van der Waals surface area contributed by atoms with Crippen molar-refractivity contribution in [2.45, 2.75) is 26.3 Å². The Kier molecular flexibility index (Phi) is 4.36. The van der Waals surface area contributed by atoms with Crippen molar-refractivity contribution in [1.29, 1.82) is 5.26 Å². The molecule has 0 bridgehead atoms. The van der Waals surface area contributed by atoms with Crippen molar-refractivity contribution in [3.8, 4) is 6.07 Å². The molecule has 3 aromatic rings. The zero-order chi connectivity index (χ0) is 18.1. The lowest BCUT2D eigenvalue weighted by molar-refractivity contribution is 0.0738. The van der Waals surface area contributed by atoms with Crippen LogP contribution < -0.4 is 0 Å². The Balaban J connectivity index is 2.22. The van der Waals surface area contributed by atoms with E-state index in [1.54, 1.807) is 48.3 Å². The van der Waals surface area contributed by atoms with Crippen LogP contribution in [0.1, 0.15) is 43.4 Å². The summed E-state index contributed by atoms with van der Waals surface area (Å²) in [6.45, 7) is 1.18. The molecule has 0 amide bonds. The fraction of sp³-hybridized carbons (Fsp3) is 0.278. The van der Waals surface area contributed by atoms with E-state index in [0.717, 1.165) is 15.8 Å². The maximum absolute atomic E-state index is 13.6. The lowest BCUT2D eigenvalue weighted by atomic mass is 10.0. The summed E-state index contributed by atoms with van der Waals surface area (Å²) in [6.07, 6.45) is 3.34. The van der Waals surface area contributed by atoms with Crippen LogP contribution in [0.5, 0.6) is 0 Å². The van der Waals surface area contributed by atoms with Gasteiger partial charge in [-0.05, 0) is 24.1 Å². The van der Waals surface area contributed by atoms with E-state index in [0.29, 0.717) is 11.0 Å². The Labute approximate surface area is 143 Å². The van der Waals surface area contributed by atoms with Gasteiger partial charge in [0.15, 0.2) is 5.82 Å². The second-order valence-corrected chi connectivity index (χ2v) is 6.04. The lowest BCUT2D eigenvalue weighted by Crippen LogP contribution is -2.03. The third-order valence-corrected chi connectivity index (χ3v) is 3.89. The Hall–Kier alpha value is -3.01. The summed E-state index contributed by atoms with van der Waals surface area (Å²) in [5.41, 5.74) is 2.32. The highest BCUT2D eigenvalue weighted by atomic mass is 19.3. The van der Waals surface area contributed by atoms with Gasteiger partial charge in [0, 0.05) is 18.8 Å². The minimum atomic E-state index is -2.79. The number of rotatable bonds is 4. The molecule has 0 spiro atoms. The van der Waals surface area contributed by atoms with E-state index in [4.69, 9.17) is 0 Å². The predicted octanol–water partition coefficient (Wildman–Crippen LogP) is 4.35. The zero-order valence-corrected chi connectivity index (χ0v) is 14.1. The molecule has 5 nitrogen and oxygen atoms in total. The first-order valence-corrected chi connectivity index (χ1v) is 7.83. The number of aryl methyl sites for hydroxylation is 1. The van der Waals surface area contributed by atoms with Gasteiger partial charge in [0.1, 0.15) is 6.07 Å². The molecule has 0 atom stereocenters. The molecule has 25 heavy (non-hydrogen) atoms. The van der Waals surface area contributed by atoms with Crippen LogP contribution in [0.3, 0.4) is 0 Å². The second-order valence-electron chi connectivity index (χ2n) is 6.04. The number of aromatic nitrogens is 4. The number of benzene rings is 1. The molecular weight excluding hydrogens is 324 g/mol. The smallest absolute Gasteiger partial charge is 0.275 e. The highest BCUT2D eigenvalue weighted by Crippen LogP contribution is 2.29. The van der Waals surface area contributed by atoms with Gasteiger partial charge in [-0.15, -0.1) is 0 Å². The first-order valence-electron chi connectivity index (χ1n) is 7.83. The summed E-state index contributed by atoms with van der Waals surface area (Å²) in [5.74, 6) is 0.0959. The van der Waals surface area contributed by atoms with Crippen LogP contribution in [0.4, 0.5) is 8.78 Å². The van der Waals surface area contributed by atoms with Crippen molar-refractivity contribution in [3.63, 3.8) is 0 Å². The van der Waals surface area contributed by atoms with Crippen molar-refractivity contribution in [2.24, 2.45) is 7.05 Å². The summed E-state index contributed by atoms with van der Waals surface area (Å²) >= 11 is 0. The molecule has 0 aliphatic carbocycles. The quantitative estimate of drug-likeness (QED) is 0.663. The van der Waals surface area contributed by atoms with E-state index in [-0.39, 0.29) is 17.3 Å². The fourth-order valence-electron chi connectivity index (χ4n) is 2.82. The third kappa shape index (κ3) is 3.03. The van der Waals surface area contributed by atoms with Gasteiger partial charge in [-0.1, -0.05) is 26.0 Å². The standard InChI is InChI=1S/C18H17F2N5/c1-11(2)16-13(10-24(3)23-16)8-12(9-21)17-22-14-6-4-5-7-15(14)25(17)18(19)20/h4-8,10-11,18H,1-3H3/b12-8+. The second kappa shape index (κ2) is 6.48. The largest absolute Gasteiger partial charge is 0.320 e. The van der Waals surface area contributed by atoms with Crippen molar-refractivity contribution < 1.29 is 8.78 Å². The number of nitriles is 1. The minimum Gasteiger partial charge on any atom is -0.275 e. The topological polar surface area (TPSA) is 59.4 Å². The zero-order valence-electron chi connectivity index (χ0n) is 14.1. The molecule has 0 aliphatic rings. The van der Waals surface area contributed by atoms with Gasteiger partial charge in [0.25, 0.3) is 0 Å². The Morgan fingerprint density at radius 1 is 1.28 bits per heavy atom. The maximum atomic E-state index is 13.6. The van der Waals surface area contributed by atoms with Gasteiger partial charge < -0.3 is 0 Å². The molecule has 128 valence electrons. The number of hydrogen-bond acceptors (Lipinski definition) is 3. The first-order chi connectivity index (χ1) is 11.9. The van der Waals surface area contributed by atoms with Gasteiger partial charge in [-0.25, -0.2) is 4.98 Å². The average Bonchev–Trinajstić information content (AvgIpc) is 3.12. The molecule has 2 heterocycles. The molecule has 0 radical (unpaired) electrons. The van der Waals surface area contributed by atoms with E-state index < -0.39 is 6.55 Å². The number of para-hydroxylation sites is 2. The predicted molar refractivity (Wildman–Crippen MR) is 91.8 cm³/mol. The van der Waals surface area contributed by atoms with E-state index in [1.165, 1.54) is 0 Å². The van der Waals surface area contributed by atoms with Crippen molar-refractivity contribution in [1.82, 2.24) is 19.3 Å². The summed E-state index contributed by atoms with van der Waals surface area (Å²) in [4.78, 5) is 4.25. The molecule has 3 rings (SSSR count). The fourth-order valence-corrected chi connectivity index (χ4v) is 2.82. The van der Waals surface area contributed by atoms with Gasteiger partial charge in [0.2, 0.25) is 0 Å². The summed E-state index contributed by atoms with van der Waals surface area (Å²) in [5, 5.41) is 13.9. The summed E-state index contributed by atoms with van der Waals surface area (Å²) in [6, 6.07) is 8.61. The molecule has 7 heteroatoms. The molecule has 0 N–H and O–H groups in total. The molecule has 0 saturated carbocycles. The van der Waals surface area contributed by atoms with Crippen molar-refractivity contribution in [2.75, 3.05) is 0 Å². The first kappa shape index (κ1) is 16.8. The van der Waals surface area contributed by atoms with Crippen molar-refractivity contribution >= 4 is 22.7 Å². The number of halogens is 2. The number of allylic oxidation sites excluding steroid dienone is 1. The number of alkyl halides is 2. The van der Waals surface area contributed by atoms with Gasteiger partial charge in [-0.2, -0.15) is 19.1 Å². The monoisotopic (exact) mass is 341 g/mol. The van der Waals surface area contributed by atoms with E-state index in [2.05, 4.69) is 10.1 Å². The molecule has 0 unspecified atom stereocenters. The van der Waals surface area contributed by atoms with Gasteiger partial charge in [0.05, 0.1) is 22.3 Å². The number of fused-ring (bicyclic) bond motifs is 1. The van der Waals surface area contributed by atoms with E-state index in [9.17, 15) is 14.0 Å². The van der Waals surface area contributed by atoms with Crippen LogP contribution in [0.2, 0.25) is 0 Å². The highest BCUT2D eigenvalue weighted by molar-refractivity contribution is 5.91.